The fourth-order valence-corrected chi connectivity index (χ4v) is 2.37. The highest BCUT2D eigenvalue weighted by Crippen LogP contribution is 2.30. The summed E-state index contributed by atoms with van der Waals surface area (Å²) in [4.78, 5) is 26.2. The van der Waals surface area contributed by atoms with Crippen molar-refractivity contribution in [2.45, 2.75) is 38.3 Å². The second-order valence-corrected chi connectivity index (χ2v) is 4.57. The fourth-order valence-electron chi connectivity index (χ4n) is 2.37. The zero-order valence-corrected chi connectivity index (χ0v) is 9.19. The summed E-state index contributed by atoms with van der Waals surface area (Å²) in [7, 11) is 0. The molecule has 1 unspecified atom stereocenters. The van der Waals surface area contributed by atoms with Crippen LogP contribution in [0.1, 0.15) is 26.2 Å². The second-order valence-electron chi connectivity index (χ2n) is 4.57. The topological polar surface area (TPSA) is 40.6 Å². The molecule has 0 bridgehead atoms. The Kier molecular flexibility index (Phi) is 3.05. The van der Waals surface area contributed by atoms with Crippen molar-refractivity contribution in [2.24, 2.45) is 0 Å². The van der Waals surface area contributed by atoms with Gasteiger partial charge in [-0.05, 0) is 19.8 Å². The Morgan fingerprint density at radius 1 is 1.47 bits per heavy atom. The molecule has 15 heavy (non-hydrogen) atoms. The number of hydrogen-bond donors (Lipinski definition) is 0. The number of aldehydes is 1. The van der Waals surface area contributed by atoms with Gasteiger partial charge in [0.25, 0.3) is 0 Å². The molecule has 1 saturated heterocycles. The average Bonchev–Trinajstić information content (AvgIpc) is 2.97. The summed E-state index contributed by atoms with van der Waals surface area (Å²) in [6, 6.07) is 0.825. The van der Waals surface area contributed by atoms with Gasteiger partial charge >= 0.3 is 0 Å². The Morgan fingerprint density at radius 2 is 2.20 bits per heavy atom. The minimum absolute atomic E-state index is 0.238. The lowest BCUT2D eigenvalue weighted by Gasteiger charge is -2.39. The lowest BCUT2D eigenvalue weighted by Crippen LogP contribution is -2.56. The lowest BCUT2D eigenvalue weighted by molar-refractivity contribution is -0.140. The van der Waals surface area contributed by atoms with Crippen LogP contribution in [0.2, 0.25) is 0 Å². The lowest BCUT2D eigenvalue weighted by atomic mass is 10.1. The van der Waals surface area contributed by atoms with Gasteiger partial charge in [-0.2, -0.15) is 0 Å². The van der Waals surface area contributed by atoms with Crippen molar-refractivity contribution >= 4 is 12.2 Å². The van der Waals surface area contributed by atoms with Crippen LogP contribution in [-0.2, 0) is 9.59 Å². The predicted octanol–water partition coefficient (Wildman–Crippen LogP) is 0.270. The Labute approximate surface area is 90.2 Å². The molecule has 0 aromatic rings. The van der Waals surface area contributed by atoms with Gasteiger partial charge in [-0.1, -0.05) is 0 Å². The normalized spacial score (nSPS) is 28.2. The first kappa shape index (κ1) is 10.6. The standard InChI is InChI=1S/C11H18N2O2/c1-9-7-12(5-2-6-14)8-11(15)13(9)10-3-4-10/h6,9-10H,2-5,7-8H2,1H3. The van der Waals surface area contributed by atoms with E-state index < -0.39 is 0 Å². The minimum Gasteiger partial charge on any atom is -0.335 e. The van der Waals surface area contributed by atoms with Crippen LogP contribution in [0.3, 0.4) is 0 Å². The molecule has 1 aliphatic heterocycles. The maximum atomic E-state index is 11.9. The van der Waals surface area contributed by atoms with Gasteiger partial charge in [-0.3, -0.25) is 9.69 Å². The zero-order chi connectivity index (χ0) is 10.8. The molecule has 84 valence electrons. The first-order chi connectivity index (χ1) is 7.22. The Morgan fingerprint density at radius 3 is 2.73 bits per heavy atom. The van der Waals surface area contributed by atoms with Crippen molar-refractivity contribution in [2.75, 3.05) is 19.6 Å². The van der Waals surface area contributed by atoms with Crippen molar-refractivity contribution in [1.82, 2.24) is 9.80 Å². The van der Waals surface area contributed by atoms with Gasteiger partial charge in [0.15, 0.2) is 0 Å². The van der Waals surface area contributed by atoms with Crippen molar-refractivity contribution < 1.29 is 9.59 Å². The smallest absolute Gasteiger partial charge is 0.237 e. The molecule has 2 fully saturated rings. The van der Waals surface area contributed by atoms with Crippen LogP contribution >= 0.6 is 0 Å². The molecule has 1 amide bonds. The van der Waals surface area contributed by atoms with Crippen LogP contribution in [-0.4, -0.2) is 53.7 Å². The first-order valence-electron chi connectivity index (χ1n) is 5.69. The summed E-state index contributed by atoms with van der Waals surface area (Å²) in [6.07, 6.45) is 3.79. The predicted molar refractivity (Wildman–Crippen MR) is 56.5 cm³/mol. The van der Waals surface area contributed by atoms with Gasteiger partial charge in [0, 0.05) is 31.6 Å². The molecule has 0 spiro atoms. The van der Waals surface area contributed by atoms with Gasteiger partial charge in [0.05, 0.1) is 6.54 Å². The molecule has 2 aliphatic rings. The summed E-state index contributed by atoms with van der Waals surface area (Å²) < 4.78 is 0. The molecule has 1 saturated carbocycles. The van der Waals surface area contributed by atoms with Crippen molar-refractivity contribution in [3.05, 3.63) is 0 Å². The van der Waals surface area contributed by atoms with E-state index in [-0.39, 0.29) is 5.91 Å². The van der Waals surface area contributed by atoms with E-state index in [9.17, 15) is 9.59 Å². The number of hydrogen-bond acceptors (Lipinski definition) is 3. The van der Waals surface area contributed by atoms with Gasteiger partial charge in [0.1, 0.15) is 6.29 Å². The van der Waals surface area contributed by atoms with Gasteiger partial charge in [-0.15, -0.1) is 0 Å². The highest BCUT2D eigenvalue weighted by molar-refractivity contribution is 5.80. The summed E-state index contributed by atoms with van der Waals surface area (Å²) in [5.41, 5.74) is 0. The van der Waals surface area contributed by atoms with E-state index >= 15 is 0 Å². The minimum atomic E-state index is 0.238. The number of amides is 1. The van der Waals surface area contributed by atoms with Crippen LogP contribution in [0.25, 0.3) is 0 Å². The summed E-state index contributed by atoms with van der Waals surface area (Å²) in [6.45, 7) is 4.23. The quantitative estimate of drug-likeness (QED) is 0.625. The van der Waals surface area contributed by atoms with E-state index in [1.165, 1.54) is 12.8 Å². The van der Waals surface area contributed by atoms with Gasteiger partial charge in [-0.25, -0.2) is 0 Å². The van der Waals surface area contributed by atoms with Gasteiger partial charge < -0.3 is 9.69 Å². The molecule has 1 atom stereocenters. The van der Waals surface area contributed by atoms with Crippen LogP contribution in [0, 0.1) is 0 Å². The maximum Gasteiger partial charge on any atom is 0.237 e. The Bertz CT molecular complexity index is 263. The third-order valence-electron chi connectivity index (χ3n) is 3.15. The molecule has 1 aliphatic carbocycles. The fraction of sp³-hybridized carbons (Fsp3) is 0.818. The van der Waals surface area contributed by atoms with Crippen LogP contribution in [0.5, 0.6) is 0 Å². The van der Waals surface area contributed by atoms with Crippen molar-refractivity contribution in [3.8, 4) is 0 Å². The molecule has 0 radical (unpaired) electrons. The van der Waals surface area contributed by atoms with E-state index in [0.717, 1.165) is 19.4 Å². The summed E-state index contributed by atoms with van der Waals surface area (Å²) in [5, 5.41) is 0. The average molecular weight is 210 g/mol. The van der Waals surface area contributed by atoms with E-state index in [1.54, 1.807) is 0 Å². The largest absolute Gasteiger partial charge is 0.335 e. The summed E-state index contributed by atoms with van der Waals surface area (Å²) >= 11 is 0. The van der Waals surface area contributed by atoms with Gasteiger partial charge in [0.2, 0.25) is 5.91 Å². The van der Waals surface area contributed by atoms with Crippen LogP contribution < -0.4 is 0 Å². The third-order valence-corrected chi connectivity index (χ3v) is 3.15. The first-order valence-corrected chi connectivity index (χ1v) is 5.69. The second kappa shape index (κ2) is 4.31. The zero-order valence-electron chi connectivity index (χ0n) is 9.19. The van der Waals surface area contributed by atoms with Crippen molar-refractivity contribution in [1.29, 1.82) is 0 Å². The number of piperazine rings is 1. The molecular formula is C11H18N2O2. The van der Waals surface area contributed by atoms with Crippen LogP contribution in [0.15, 0.2) is 0 Å². The molecule has 0 aromatic carbocycles. The monoisotopic (exact) mass is 210 g/mol. The third kappa shape index (κ3) is 2.37. The Hall–Kier alpha value is -0.900. The number of carbonyl (C=O) groups excluding carboxylic acids is 2. The molecule has 0 N–H and O–H groups in total. The number of rotatable bonds is 4. The van der Waals surface area contributed by atoms with E-state index in [0.29, 0.717) is 25.0 Å². The maximum absolute atomic E-state index is 11.9. The van der Waals surface area contributed by atoms with Crippen LogP contribution in [0.4, 0.5) is 0 Å². The molecule has 2 rings (SSSR count). The number of carbonyl (C=O) groups is 2. The molecule has 0 aromatic heterocycles. The Balaban J connectivity index is 1.90. The van der Waals surface area contributed by atoms with E-state index in [4.69, 9.17) is 0 Å². The molecule has 4 heteroatoms. The van der Waals surface area contributed by atoms with Crippen molar-refractivity contribution in [3.63, 3.8) is 0 Å². The van der Waals surface area contributed by atoms with E-state index in [2.05, 4.69) is 11.8 Å². The molecule has 1 heterocycles. The number of nitrogens with zero attached hydrogens (tertiary/aromatic N) is 2. The van der Waals surface area contributed by atoms with E-state index in [1.807, 2.05) is 4.90 Å². The molecule has 4 nitrogen and oxygen atoms in total. The highest BCUT2D eigenvalue weighted by atomic mass is 16.2. The molecular weight excluding hydrogens is 192 g/mol. The highest BCUT2D eigenvalue weighted by Gasteiger charge is 2.39. The SMILES string of the molecule is CC1CN(CCC=O)CC(=O)N1C1CC1. The summed E-state index contributed by atoms with van der Waals surface area (Å²) in [5.74, 6) is 0.238.